The fourth-order valence-electron chi connectivity index (χ4n) is 2.78. The van der Waals surface area contributed by atoms with Crippen LogP contribution in [0.2, 0.25) is 0 Å². The fourth-order valence-corrected chi connectivity index (χ4v) is 2.78. The summed E-state index contributed by atoms with van der Waals surface area (Å²) >= 11 is 0. The molecule has 0 spiro atoms. The fraction of sp³-hybridized carbons (Fsp3) is 0.300. The molecule has 7 nitrogen and oxygen atoms in total. The number of tetrazole rings is 1. The zero-order valence-corrected chi connectivity index (χ0v) is 15.6. The van der Waals surface area contributed by atoms with Crippen molar-refractivity contribution in [1.29, 1.82) is 0 Å². The van der Waals surface area contributed by atoms with Crippen LogP contribution in [0.3, 0.4) is 0 Å². The van der Waals surface area contributed by atoms with Crippen molar-refractivity contribution in [3.05, 3.63) is 60.2 Å². The van der Waals surface area contributed by atoms with Gasteiger partial charge in [0.1, 0.15) is 5.75 Å². The highest BCUT2D eigenvalue weighted by atomic mass is 16.5. The van der Waals surface area contributed by atoms with Crippen LogP contribution in [0.15, 0.2) is 54.6 Å². The maximum Gasteiger partial charge on any atom is 0.222 e. The molecule has 0 N–H and O–H groups in total. The summed E-state index contributed by atoms with van der Waals surface area (Å²) in [7, 11) is 3.44. The Labute approximate surface area is 158 Å². The molecule has 3 rings (SSSR count). The topological polar surface area (TPSA) is 73.1 Å². The van der Waals surface area contributed by atoms with Gasteiger partial charge in [0.2, 0.25) is 11.7 Å². The summed E-state index contributed by atoms with van der Waals surface area (Å²) in [5, 5.41) is 12.5. The van der Waals surface area contributed by atoms with Crippen molar-refractivity contribution in [1.82, 2.24) is 25.1 Å². The number of carbonyl (C=O) groups is 1. The van der Waals surface area contributed by atoms with Crippen LogP contribution in [0, 0.1) is 0 Å². The van der Waals surface area contributed by atoms with E-state index in [1.165, 1.54) is 4.80 Å². The smallest absolute Gasteiger partial charge is 0.222 e. The highest BCUT2D eigenvalue weighted by Crippen LogP contribution is 2.19. The first-order valence-electron chi connectivity index (χ1n) is 8.86. The number of ether oxygens (including phenoxy) is 1. The molecule has 1 amide bonds. The van der Waals surface area contributed by atoms with Crippen LogP contribution in [-0.4, -0.2) is 45.2 Å². The molecule has 0 fully saturated rings. The maximum atomic E-state index is 12.4. The van der Waals surface area contributed by atoms with Crippen molar-refractivity contribution < 1.29 is 9.53 Å². The molecule has 0 saturated heterocycles. The third kappa shape index (κ3) is 4.91. The summed E-state index contributed by atoms with van der Waals surface area (Å²) in [5.41, 5.74) is 1.91. The molecule has 0 aliphatic rings. The Hall–Kier alpha value is -3.22. The SMILES string of the molecule is COc1ccccc1CN(C)C(=O)CCCn1nnc(-c2ccccc2)n1. The Morgan fingerprint density at radius 1 is 1.11 bits per heavy atom. The van der Waals surface area contributed by atoms with Crippen LogP contribution < -0.4 is 4.74 Å². The summed E-state index contributed by atoms with van der Waals surface area (Å²) in [4.78, 5) is 15.6. The van der Waals surface area contributed by atoms with Crippen molar-refractivity contribution in [3.63, 3.8) is 0 Å². The lowest BCUT2D eigenvalue weighted by atomic mass is 10.2. The van der Waals surface area contributed by atoms with Gasteiger partial charge in [-0.15, -0.1) is 10.2 Å². The second-order valence-corrected chi connectivity index (χ2v) is 6.24. The van der Waals surface area contributed by atoms with E-state index < -0.39 is 0 Å². The average molecular weight is 365 g/mol. The minimum Gasteiger partial charge on any atom is -0.496 e. The van der Waals surface area contributed by atoms with Crippen molar-refractivity contribution in [2.24, 2.45) is 0 Å². The van der Waals surface area contributed by atoms with Gasteiger partial charge in [0.25, 0.3) is 0 Å². The molecule has 0 bridgehead atoms. The van der Waals surface area contributed by atoms with Crippen LogP contribution in [-0.2, 0) is 17.9 Å². The summed E-state index contributed by atoms with van der Waals surface area (Å²) in [6, 6.07) is 17.4. The van der Waals surface area contributed by atoms with Gasteiger partial charge in [-0.2, -0.15) is 4.80 Å². The zero-order chi connectivity index (χ0) is 19.1. The van der Waals surface area contributed by atoms with E-state index in [1.807, 2.05) is 54.6 Å². The van der Waals surface area contributed by atoms with E-state index in [-0.39, 0.29) is 5.91 Å². The summed E-state index contributed by atoms with van der Waals surface area (Å²) < 4.78 is 5.34. The second kappa shape index (κ2) is 8.93. The third-order valence-electron chi connectivity index (χ3n) is 4.26. The number of rotatable bonds is 8. The van der Waals surface area contributed by atoms with Gasteiger partial charge in [0.15, 0.2) is 0 Å². The zero-order valence-electron chi connectivity index (χ0n) is 15.6. The van der Waals surface area contributed by atoms with Crippen molar-refractivity contribution in [3.8, 4) is 17.1 Å². The van der Waals surface area contributed by atoms with Crippen LogP contribution in [0.1, 0.15) is 18.4 Å². The van der Waals surface area contributed by atoms with E-state index in [2.05, 4.69) is 15.4 Å². The minimum absolute atomic E-state index is 0.0734. The van der Waals surface area contributed by atoms with Crippen molar-refractivity contribution in [2.75, 3.05) is 14.2 Å². The molecule has 0 aliphatic carbocycles. The molecule has 0 unspecified atom stereocenters. The lowest BCUT2D eigenvalue weighted by molar-refractivity contribution is -0.130. The van der Waals surface area contributed by atoms with Crippen LogP contribution >= 0.6 is 0 Å². The highest BCUT2D eigenvalue weighted by molar-refractivity contribution is 5.75. The standard InChI is InChI=1S/C20H23N5O2/c1-24(15-17-11-6-7-12-18(17)27-2)19(26)13-8-14-25-22-20(21-23-25)16-9-4-3-5-10-16/h3-7,9-12H,8,13-15H2,1-2H3. The largest absolute Gasteiger partial charge is 0.496 e. The molecular weight excluding hydrogens is 342 g/mol. The Kier molecular flexibility index (Phi) is 6.14. The molecule has 0 saturated carbocycles. The maximum absolute atomic E-state index is 12.4. The number of hydrogen-bond donors (Lipinski definition) is 0. The molecule has 27 heavy (non-hydrogen) atoms. The van der Waals surface area contributed by atoms with Crippen LogP contribution in [0.4, 0.5) is 0 Å². The van der Waals surface area contributed by atoms with Crippen molar-refractivity contribution in [2.45, 2.75) is 25.9 Å². The highest BCUT2D eigenvalue weighted by Gasteiger charge is 2.12. The molecule has 3 aromatic rings. The molecular formula is C20H23N5O2. The monoisotopic (exact) mass is 365 g/mol. The molecule has 1 aromatic heterocycles. The number of aryl methyl sites for hydroxylation is 1. The van der Waals surface area contributed by atoms with E-state index in [4.69, 9.17) is 4.74 Å². The van der Waals surface area contributed by atoms with E-state index in [1.54, 1.807) is 19.1 Å². The number of benzene rings is 2. The average Bonchev–Trinajstić information content (AvgIpc) is 3.18. The Bertz CT molecular complexity index is 879. The van der Waals surface area contributed by atoms with E-state index in [0.29, 0.717) is 31.8 Å². The first-order valence-corrected chi connectivity index (χ1v) is 8.86. The molecule has 0 aliphatic heterocycles. The minimum atomic E-state index is 0.0734. The lowest BCUT2D eigenvalue weighted by Gasteiger charge is -2.18. The van der Waals surface area contributed by atoms with Gasteiger partial charge in [-0.3, -0.25) is 4.79 Å². The number of amides is 1. The number of carbonyl (C=O) groups excluding carboxylic acids is 1. The first-order chi connectivity index (χ1) is 13.2. The number of para-hydroxylation sites is 1. The predicted octanol–water partition coefficient (Wildman–Crippen LogP) is 2.79. The Morgan fingerprint density at radius 2 is 1.85 bits per heavy atom. The number of nitrogens with zero attached hydrogens (tertiary/aromatic N) is 5. The molecule has 0 atom stereocenters. The quantitative estimate of drug-likeness (QED) is 0.614. The summed E-state index contributed by atoms with van der Waals surface area (Å²) in [6.07, 6.45) is 1.08. The van der Waals surface area contributed by atoms with E-state index in [9.17, 15) is 4.79 Å². The molecule has 2 aromatic carbocycles. The normalized spacial score (nSPS) is 10.6. The van der Waals surface area contributed by atoms with Gasteiger partial charge in [-0.1, -0.05) is 48.5 Å². The van der Waals surface area contributed by atoms with Gasteiger partial charge < -0.3 is 9.64 Å². The van der Waals surface area contributed by atoms with Gasteiger partial charge >= 0.3 is 0 Å². The number of hydrogen-bond acceptors (Lipinski definition) is 5. The van der Waals surface area contributed by atoms with Crippen LogP contribution in [0.5, 0.6) is 5.75 Å². The second-order valence-electron chi connectivity index (χ2n) is 6.24. The first kappa shape index (κ1) is 18.6. The van der Waals surface area contributed by atoms with Gasteiger partial charge in [0, 0.05) is 31.1 Å². The summed E-state index contributed by atoms with van der Waals surface area (Å²) in [6.45, 7) is 1.07. The van der Waals surface area contributed by atoms with Gasteiger partial charge in [0.05, 0.1) is 13.7 Å². The molecule has 0 radical (unpaired) electrons. The molecule has 1 heterocycles. The van der Waals surface area contributed by atoms with Crippen molar-refractivity contribution >= 4 is 5.91 Å². The van der Waals surface area contributed by atoms with Crippen LogP contribution in [0.25, 0.3) is 11.4 Å². The van der Waals surface area contributed by atoms with E-state index >= 15 is 0 Å². The molecule has 140 valence electrons. The van der Waals surface area contributed by atoms with Gasteiger partial charge in [-0.05, 0) is 17.7 Å². The van der Waals surface area contributed by atoms with Gasteiger partial charge in [-0.25, -0.2) is 0 Å². The Balaban J connectivity index is 1.49. The predicted molar refractivity (Wildman–Crippen MR) is 102 cm³/mol. The molecule has 7 heteroatoms. The lowest BCUT2D eigenvalue weighted by Crippen LogP contribution is -2.26. The number of methoxy groups -OCH3 is 1. The summed E-state index contributed by atoms with van der Waals surface area (Å²) in [5.74, 6) is 1.46. The van der Waals surface area contributed by atoms with E-state index in [0.717, 1.165) is 16.9 Å². The third-order valence-corrected chi connectivity index (χ3v) is 4.26. The Morgan fingerprint density at radius 3 is 2.63 bits per heavy atom. The number of aromatic nitrogens is 4.